The first-order valence-electron chi connectivity index (χ1n) is 12.9. The fourth-order valence-electron chi connectivity index (χ4n) is 6.44. The van der Waals surface area contributed by atoms with Gasteiger partial charge in [0.15, 0.2) is 5.60 Å². The van der Waals surface area contributed by atoms with Gasteiger partial charge in [-0.1, -0.05) is 6.92 Å². The molecule has 10 heteroatoms. The zero-order valence-electron chi connectivity index (χ0n) is 21.5. The van der Waals surface area contributed by atoms with Crippen LogP contribution in [0.25, 0.3) is 22.3 Å². The lowest BCUT2D eigenvalue weighted by Crippen LogP contribution is -2.51. The SMILES string of the molecule is CC[C@@]1(O)C(=O)OCc2c1cc1n(c2=O)Cc2c-1nc1cc(F)c(C)c3c1c2CC(C)(NC(O)CO)CC3. The van der Waals surface area contributed by atoms with Gasteiger partial charge in [-0.05, 0) is 62.3 Å². The summed E-state index contributed by atoms with van der Waals surface area (Å²) in [5.74, 6) is -1.17. The molecule has 200 valence electrons. The summed E-state index contributed by atoms with van der Waals surface area (Å²) in [5.41, 5.74) is 2.06. The second kappa shape index (κ2) is 8.41. The molecule has 4 N–H and O–H groups in total. The Bertz CT molecular complexity index is 1600. The van der Waals surface area contributed by atoms with E-state index in [1.807, 2.05) is 6.92 Å². The molecule has 3 atom stereocenters. The van der Waals surface area contributed by atoms with Crippen molar-refractivity contribution in [2.45, 2.75) is 77.0 Å². The summed E-state index contributed by atoms with van der Waals surface area (Å²) in [7, 11) is 0. The largest absolute Gasteiger partial charge is 0.458 e. The summed E-state index contributed by atoms with van der Waals surface area (Å²) in [6.07, 6.45) is 0.485. The Morgan fingerprint density at radius 2 is 2.00 bits per heavy atom. The number of nitrogens with one attached hydrogen (secondary N) is 1. The molecule has 0 saturated heterocycles. The van der Waals surface area contributed by atoms with E-state index in [0.29, 0.717) is 41.7 Å². The number of aromatic nitrogens is 2. The highest BCUT2D eigenvalue weighted by Gasteiger charge is 2.46. The highest BCUT2D eigenvalue weighted by atomic mass is 19.1. The average Bonchev–Trinajstić information content (AvgIpc) is 3.17. The Labute approximate surface area is 217 Å². The van der Waals surface area contributed by atoms with Gasteiger partial charge < -0.3 is 24.6 Å². The van der Waals surface area contributed by atoms with Crippen molar-refractivity contribution >= 4 is 16.9 Å². The van der Waals surface area contributed by atoms with E-state index < -0.39 is 29.9 Å². The number of esters is 1. The Morgan fingerprint density at radius 1 is 1.24 bits per heavy atom. The molecular weight excluding hydrogens is 493 g/mol. The summed E-state index contributed by atoms with van der Waals surface area (Å²) in [5, 5.41) is 34.8. The molecule has 0 bridgehead atoms. The molecule has 1 aromatic carbocycles. The number of nitrogens with zero attached hydrogens (tertiary/aromatic N) is 2. The van der Waals surface area contributed by atoms with Crippen LogP contribution in [0.5, 0.6) is 0 Å². The van der Waals surface area contributed by atoms with Crippen molar-refractivity contribution in [1.29, 1.82) is 0 Å². The van der Waals surface area contributed by atoms with Gasteiger partial charge >= 0.3 is 5.97 Å². The second-order valence-electron chi connectivity index (χ2n) is 11.0. The second-order valence-corrected chi connectivity index (χ2v) is 11.0. The molecular formula is C28H30FN3O6. The van der Waals surface area contributed by atoms with Crippen LogP contribution in [-0.2, 0) is 41.1 Å². The predicted molar refractivity (Wildman–Crippen MR) is 136 cm³/mol. The fourth-order valence-corrected chi connectivity index (χ4v) is 6.44. The van der Waals surface area contributed by atoms with E-state index in [1.165, 1.54) is 6.07 Å². The van der Waals surface area contributed by atoms with Crippen molar-refractivity contribution in [1.82, 2.24) is 14.9 Å². The molecule has 2 aromatic heterocycles. The number of halogens is 1. The van der Waals surface area contributed by atoms with Crippen molar-refractivity contribution in [3.8, 4) is 11.4 Å². The third kappa shape index (κ3) is 3.40. The number of cyclic esters (lactones) is 1. The number of hydrogen-bond acceptors (Lipinski definition) is 8. The van der Waals surface area contributed by atoms with Crippen molar-refractivity contribution in [2.75, 3.05) is 6.61 Å². The number of benzene rings is 1. The number of aryl methyl sites for hydroxylation is 1. The van der Waals surface area contributed by atoms with Crippen LogP contribution in [0.1, 0.15) is 60.1 Å². The standard InChI is InChI=1S/C28H30FN3O6/c1-4-28(37)18-7-21-24-16(10-32(21)25(35)17(18)12-38-26(28)36)15-9-27(3,31-22(34)11-33)6-5-14-13(2)19(29)8-20(30-24)23(14)15/h7-8,22,31,33-34,37H,4-6,9-12H2,1-3H3/t22?,27?,28-/m0/s1. The van der Waals surface area contributed by atoms with E-state index in [2.05, 4.69) is 5.32 Å². The predicted octanol–water partition coefficient (Wildman–Crippen LogP) is 1.67. The van der Waals surface area contributed by atoms with Crippen LogP contribution in [-0.4, -0.2) is 49.2 Å². The van der Waals surface area contributed by atoms with Crippen molar-refractivity contribution in [2.24, 2.45) is 0 Å². The van der Waals surface area contributed by atoms with Crippen LogP contribution in [0.15, 0.2) is 16.9 Å². The van der Waals surface area contributed by atoms with Crippen molar-refractivity contribution in [3.63, 3.8) is 0 Å². The van der Waals surface area contributed by atoms with Crippen molar-refractivity contribution < 1.29 is 29.2 Å². The lowest BCUT2D eigenvalue weighted by molar-refractivity contribution is -0.172. The molecule has 1 aliphatic carbocycles. The quantitative estimate of drug-likeness (QED) is 0.235. The molecule has 0 spiro atoms. The van der Waals surface area contributed by atoms with E-state index in [-0.39, 0.29) is 42.1 Å². The first-order chi connectivity index (χ1) is 18.0. The summed E-state index contributed by atoms with van der Waals surface area (Å²) in [6, 6.07) is 3.06. The third-order valence-electron chi connectivity index (χ3n) is 8.60. The minimum Gasteiger partial charge on any atom is -0.458 e. The van der Waals surface area contributed by atoms with Gasteiger partial charge in [0.25, 0.3) is 5.56 Å². The summed E-state index contributed by atoms with van der Waals surface area (Å²) in [4.78, 5) is 31.0. The molecule has 6 rings (SSSR count). The monoisotopic (exact) mass is 523 g/mol. The normalized spacial score (nSPS) is 24.4. The van der Waals surface area contributed by atoms with Crippen LogP contribution in [0.3, 0.4) is 0 Å². The van der Waals surface area contributed by atoms with Gasteiger partial charge in [0.05, 0.1) is 35.6 Å². The first-order valence-corrected chi connectivity index (χ1v) is 12.9. The summed E-state index contributed by atoms with van der Waals surface area (Å²) < 4.78 is 21.8. The van der Waals surface area contributed by atoms with E-state index in [4.69, 9.17) is 9.72 Å². The molecule has 3 aliphatic rings. The minimum atomic E-state index is -1.94. The van der Waals surface area contributed by atoms with Gasteiger partial charge in [-0.3, -0.25) is 10.1 Å². The molecule has 0 radical (unpaired) electrons. The summed E-state index contributed by atoms with van der Waals surface area (Å²) >= 11 is 0. The average molecular weight is 524 g/mol. The molecule has 9 nitrogen and oxygen atoms in total. The Hall–Kier alpha value is -3.18. The maximum atomic E-state index is 15.1. The topological polar surface area (TPSA) is 134 Å². The molecule has 0 fully saturated rings. The number of ether oxygens (including phenoxy) is 1. The number of rotatable bonds is 4. The van der Waals surface area contributed by atoms with Crippen LogP contribution < -0.4 is 10.9 Å². The van der Waals surface area contributed by atoms with E-state index in [1.54, 1.807) is 24.5 Å². The lowest BCUT2D eigenvalue weighted by atomic mass is 9.85. The number of hydrogen-bond donors (Lipinski definition) is 4. The Balaban J connectivity index is 1.63. The number of fused-ring (bicyclic) bond motifs is 5. The van der Waals surface area contributed by atoms with Gasteiger partial charge in [-0.25, -0.2) is 14.2 Å². The highest BCUT2D eigenvalue weighted by Crippen LogP contribution is 2.44. The molecule has 0 amide bonds. The van der Waals surface area contributed by atoms with E-state index in [0.717, 1.165) is 22.1 Å². The van der Waals surface area contributed by atoms with Gasteiger partial charge in [0, 0.05) is 28.1 Å². The molecule has 2 unspecified atom stereocenters. The van der Waals surface area contributed by atoms with Crippen LogP contribution in [0.4, 0.5) is 4.39 Å². The lowest BCUT2D eigenvalue weighted by Gasteiger charge is -2.32. The highest BCUT2D eigenvalue weighted by molar-refractivity contribution is 5.92. The van der Waals surface area contributed by atoms with Gasteiger partial charge in [-0.2, -0.15) is 0 Å². The van der Waals surface area contributed by atoms with Gasteiger partial charge in [-0.15, -0.1) is 0 Å². The Morgan fingerprint density at radius 3 is 2.71 bits per heavy atom. The molecule has 3 aromatic rings. The van der Waals surface area contributed by atoms with Crippen molar-refractivity contribution in [3.05, 3.63) is 61.7 Å². The number of pyridine rings is 2. The zero-order valence-corrected chi connectivity index (χ0v) is 21.5. The number of carbonyl (C=O) groups is 1. The number of carbonyl (C=O) groups excluding carboxylic acids is 1. The van der Waals surface area contributed by atoms with E-state index >= 15 is 4.39 Å². The molecule has 0 saturated carbocycles. The fraction of sp³-hybridized carbons (Fsp3) is 0.464. The van der Waals surface area contributed by atoms with Crippen LogP contribution in [0, 0.1) is 12.7 Å². The van der Waals surface area contributed by atoms with Crippen LogP contribution in [0.2, 0.25) is 0 Å². The summed E-state index contributed by atoms with van der Waals surface area (Å²) in [6.45, 7) is 4.91. The van der Waals surface area contributed by atoms with Crippen LogP contribution >= 0.6 is 0 Å². The van der Waals surface area contributed by atoms with E-state index in [9.17, 15) is 24.9 Å². The maximum Gasteiger partial charge on any atom is 0.343 e. The third-order valence-corrected chi connectivity index (χ3v) is 8.60. The smallest absolute Gasteiger partial charge is 0.343 e. The zero-order chi connectivity index (χ0) is 27.1. The molecule has 2 aliphatic heterocycles. The molecule has 38 heavy (non-hydrogen) atoms. The first kappa shape index (κ1) is 25.1. The number of aliphatic hydroxyl groups is 3. The molecule has 4 heterocycles. The van der Waals surface area contributed by atoms with Gasteiger partial charge in [0.2, 0.25) is 0 Å². The Kier molecular flexibility index (Phi) is 5.56. The number of aliphatic hydroxyl groups excluding tert-OH is 2. The maximum absolute atomic E-state index is 15.1. The minimum absolute atomic E-state index is 0.0377. The van der Waals surface area contributed by atoms with Gasteiger partial charge in [0.1, 0.15) is 18.7 Å².